The summed E-state index contributed by atoms with van der Waals surface area (Å²) in [7, 11) is 1.71. The smallest absolute Gasteiger partial charge is 0.254 e. The van der Waals surface area contributed by atoms with Gasteiger partial charge in [0.1, 0.15) is 17.7 Å². The van der Waals surface area contributed by atoms with Crippen molar-refractivity contribution in [3.05, 3.63) is 83.1 Å². The molecule has 2 unspecified atom stereocenters. The van der Waals surface area contributed by atoms with E-state index in [0.717, 1.165) is 11.1 Å². The second-order valence-electron chi connectivity index (χ2n) is 6.90. The molecule has 8 nitrogen and oxygen atoms in total. The molecule has 1 aromatic heterocycles. The molecule has 4 N–H and O–H groups in total. The number of hydrogen-bond donors (Lipinski definition) is 4. The van der Waals surface area contributed by atoms with E-state index in [1.54, 1.807) is 30.3 Å². The van der Waals surface area contributed by atoms with Gasteiger partial charge in [-0.2, -0.15) is 10.4 Å². The van der Waals surface area contributed by atoms with E-state index in [0.29, 0.717) is 17.1 Å². The van der Waals surface area contributed by atoms with E-state index in [2.05, 4.69) is 27.0 Å². The first-order valence-corrected chi connectivity index (χ1v) is 9.37. The molecule has 2 atom stereocenters. The number of hydrogen-bond acceptors (Lipinski definition) is 6. The zero-order valence-corrected chi connectivity index (χ0v) is 16.2. The maximum absolute atomic E-state index is 12.9. The average Bonchev–Trinajstić information content (AvgIpc) is 3.25. The number of benzene rings is 2. The maximum atomic E-state index is 12.9. The normalized spacial score (nSPS) is 17.4. The van der Waals surface area contributed by atoms with Crippen LogP contribution in [0.1, 0.15) is 22.7 Å². The second-order valence-corrected chi connectivity index (χ2v) is 6.90. The number of H-pyrrole nitrogens is 1. The molecule has 1 aliphatic rings. The van der Waals surface area contributed by atoms with Crippen LogP contribution in [0.15, 0.2) is 66.4 Å². The quantitative estimate of drug-likeness (QED) is 0.489. The number of anilines is 2. The van der Waals surface area contributed by atoms with Gasteiger partial charge >= 0.3 is 0 Å². The van der Waals surface area contributed by atoms with Crippen molar-refractivity contribution in [1.82, 2.24) is 15.6 Å². The summed E-state index contributed by atoms with van der Waals surface area (Å²) in [5, 5.41) is 31.4. The van der Waals surface area contributed by atoms with Crippen molar-refractivity contribution in [2.45, 2.75) is 12.1 Å². The summed E-state index contributed by atoms with van der Waals surface area (Å²) in [6.45, 7) is 0. The number of hydrazine groups is 1. The molecule has 0 bridgehead atoms. The molecule has 4 rings (SSSR count). The minimum atomic E-state index is -1.11. The van der Waals surface area contributed by atoms with Crippen molar-refractivity contribution >= 4 is 23.5 Å². The Morgan fingerprint density at radius 1 is 1.20 bits per heavy atom. The molecule has 1 heterocycles. The number of nitrogens with zero attached hydrogens (tertiary/aromatic N) is 3. The summed E-state index contributed by atoms with van der Waals surface area (Å²) in [6.07, 6.45) is 2.02. The largest absolute Gasteiger partial charge is 0.386 e. The Labute approximate surface area is 173 Å². The Balaban J connectivity index is 1.64. The third-order valence-electron chi connectivity index (χ3n) is 4.98. The lowest BCUT2D eigenvalue weighted by atomic mass is 9.85. The Hall–Kier alpha value is -3.93. The molecule has 1 amide bonds. The summed E-state index contributed by atoms with van der Waals surface area (Å²) in [4.78, 5) is 12.9. The van der Waals surface area contributed by atoms with Gasteiger partial charge in [-0.1, -0.05) is 42.5 Å². The van der Waals surface area contributed by atoms with Gasteiger partial charge in [0.2, 0.25) is 0 Å². The van der Waals surface area contributed by atoms with Crippen LogP contribution in [0.25, 0.3) is 6.08 Å². The van der Waals surface area contributed by atoms with Crippen molar-refractivity contribution in [2.24, 2.45) is 0 Å². The summed E-state index contributed by atoms with van der Waals surface area (Å²) < 4.78 is 0. The van der Waals surface area contributed by atoms with Gasteiger partial charge in [0.05, 0.1) is 12.2 Å². The Morgan fingerprint density at radius 3 is 2.70 bits per heavy atom. The lowest BCUT2D eigenvalue weighted by Gasteiger charge is -2.34. The number of amides is 1. The van der Waals surface area contributed by atoms with Gasteiger partial charge < -0.3 is 10.4 Å². The van der Waals surface area contributed by atoms with Crippen molar-refractivity contribution in [2.75, 3.05) is 17.4 Å². The van der Waals surface area contributed by atoms with E-state index in [-0.39, 0.29) is 11.5 Å². The number of aromatic amines is 1. The van der Waals surface area contributed by atoms with E-state index >= 15 is 0 Å². The minimum Gasteiger partial charge on any atom is -0.386 e. The lowest BCUT2D eigenvalue weighted by Crippen LogP contribution is -2.46. The third-order valence-corrected chi connectivity index (χ3v) is 4.98. The fourth-order valence-electron chi connectivity index (χ4n) is 3.48. The van der Waals surface area contributed by atoms with Crippen LogP contribution in [0.5, 0.6) is 0 Å². The number of nitrogens with one attached hydrogen (secondary N) is 3. The van der Waals surface area contributed by atoms with Crippen LogP contribution in [-0.4, -0.2) is 34.4 Å². The highest BCUT2D eigenvalue weighted by atomic mass is 16.3. The molecular formula is C22H20N6O2. The zero-order valence-electron chi connectivity index (χ0n) is 16.2. The van der Waals surface area contributed by atoms with E-state index < -0.39 is 12.1 Å². The highest BCUT2D eigenvalue weighted by Crippen LogP contribution is 2.33. The van der Waals surface area contributed by atoms with E-state index in [9.17, 15) is 15.2 Å². The Bertz CT molecular complexity index is 1130. The number of aromatic nitrogens is 2. The van der Waals surface area contributed by atoms with E-state index in [4.69, 9.17) is 0 Å². The fraction of sp³-hybridized carbons (Fsp3) is 0.136. The van der Waals surface area contributed by atoms with E-state index in [1.165, 1.54) is 6.20 Å². The van der Waals surface area contributed by atoms with Crippen LogP contribution in [0, 0.1) is 11.3 Å². The average molecular weight is 400 g/mol. The van der Waals surface area contributed by atoms with E-state index in [1.807, 2.05) is 42.5 Å². The first-order valence-electron chi connectivity index (χ1n) is 9.37. The number of para-hydroxylation sites is 1. The molecule has 0 spiro atoms. The molecule has 3 aromatic rings. The molecule has 0 aliphatic heterocycles. The lowest BCUT2D eigenvalue weighted by molar-refractivity contribution is -0.113. The summed E-state index contributed by atoms with van der Waals surface area (Å²) in [5.41, 5.74) is 6.11. The number of carbonyl (C=O) groups excluding carboxylic acids is 1. The standard InChI is InChI=1S/C22H20N6O2/c1-28(21-15(12-23)13-24-26-21)27-19-17-10-6-5-7-14(17)11-18(20(19)29)22(30)25-16-8-3-2-4-9-16/h2-11,13,19-20,27,29H,1H3,(H,24,26)(H,25,30). The maximum Gasteiger partial charge on any atom is 0.254 e. The third kappa shape index (κ3) is 3.67. The van der Waals surface area contributed by atoms with Gasteiger partial charge in [-0.3, -0.25) is 14.9 Å². The summed E-state index contributed by atoms with van der Waals surface area (Å²) in [5.74, 6) is 0.0870. The fourth-order valence-corrected chi connectivity index (χ4v) is 3.48. The topological polar surface area (TPSA) is 117 Å². The Morgan fingerprint density at radius 2 is 1.93 bits per heavy atom. The zero-order chi connectivity index (χ0) is 21.1. The molecule has 1 aliphatic carbocycles. The van der Waals surface area contributed by atoms with Crippen molar-refractivity contribution < 1.29 is 9.90 Å². The number of aliphatic hydroxyl groups excluding tert-OH is 1. The minimum absolute atomic E-state index is 0.244. The molecule has 8 heteroatoms. The SMILES string of the molecule is CN(NC1c2ccccc2C=C(C(=O)Nc2ccccc2)C1O)c1[nH]ncc1C#N. The number of carbonyl (C=O) groups is 1. The first kappa shape index (κ1) is 19.4. The highest BCUT2D eigenvalue weighted by molar-refractivity contribution is 6.08. The molecular weight excluding hydrogens is 380 g/mol. The van der Waals surface area contributed by atoms with Crippen LogP contribution in [-0.2, 0) is 4.79 Å². The summed E-state index contributed by atoms with van der Waals surface area (Å²) in [6, 6.07) is 18.1. The van der Waals surface area contributed by atoms with Crippen LogP contribution in [0.2, 0.25) is 0 Å². The van der Waals surface area contributed by atoms with Gasteiger partial charge in [0.25, 0.3) is 5.91 Å². The van der Waals surface area contributed by atoms with Crippen molar-refractivity contribution in [3.63, 3.8) is 0 Å². The number of fused-ring (bicyclic) bond motifs is 1. The number of rotatable bonds is 5. The van der Waals surface area contributed by atoms with Crippen LogP contribution in [0.4, 0.5) is 11.5 Å². The Kier molecular flexibility index (Phi) is 5.30. The molecule has 0 saturated carbocycles. The molecule has 2 aromatic carbocycles. The summed E-state index contributed by atoms with van der Waals surface area (Å²) >= 11 is 0. The van der Waals surface area contributed by atoms with Gasteiger partial charge in [-0.05, 0) is 29.3 Å². The second kappa shape index (κ2) is 8.21. The van der Waals surface area contributed by atoms with Crippen molar-refractivity contribution in [3.8, 4) is 6.07 Å². The van der Waals surface area contributed by atoms with Crippen LogP contribution < -0.4 is 15.8 Å². The van der Waals surface area contributed by atoms with Crippen molar-refractivity contribution in [1.29, 1.82) is 5.26 Å². The van der Waals surface area contributed by atoms with Crippen LogP contribution >= 0.6 is 0 Å². The number of aliphatic hydroxyl groups is 1. The molecule has 0 saturated heterocycles. The van der Waals surface area contributed by atoms with Crippen LogP contribution in [0.3, 0.4) is 0 Å². The van der Waals surface area contributed by atoms with Gasteiger partial charge in [0, 0.05) is 18.3 Å². The predicted octanol–water partition coefficient (Wildman–Crippen LogP) is 2.36. The highest BCUT2D eigenvalue weighted by Gasteiger charge is 2.34. The van der Waals surface area contributed by atoms with Gasteiger partial charge in [-0.25, -0.2) is 5.43 Å². The van der Waals surface area contributed by atoms with Gasteiger partial charge in [-0.15, -0.1) is 0 Å². The molecule has 0 fully saturated rings. The monoisotopic (exact) mass is 400 g/mol. The first-order chi connectivity index (χ1) is 14.6. The predicted molar refractivity (Wildman–Crippen MR) is 113 cm³/mol. The molecule has 30 heavy (non-hydrogen) atoms. The molecule has 150 valence electrons. The van der Waals surface area contributed by atoms with Gasteiger partial charge in [0.15, 0.2) is 5.82 Å². The molecule has 0 radical (unpaired) electrons. The number of nitriles is 1.